The lowest BCUT2D eigenvalue weighted by atomic mass is 10.2. The van der Waals surface area contributed by atoms with E-state index in [1.54, 1.807) is 0 Å². The first-order valence-electron chi connectivity index (χ1n) is 3.11. The van der Waals surface area contributed by atoms with Crippen LogP contribution in [0.5, 0.6) is 0 Å². The monoisotopic (exact) mass is 251 g/mol. The van der Waals surface area contributed by atoms with E-state index in [4.69, 9.17) is 10.8 Å². The zero-order chi connectivity index (χ0) is 10.2. The van der Waals surface area contributed by atoms with Gasteiger partial charge in [-0.15, -0.1) is 0 Å². The maximum Gasteiger partial charge on any atom is 0.341 e. The number of carbonyl (C=O) groups is 1. The molecule has 0 aromatic heterocycles. The third-order valence-corrected chi connectivity index (χ3v) is 2.08. The van der Waals surface area contributed by atoms with Gasteiger partial charge in [0.1, 0.15) is 11.4 Å². The molecule has 0 unspecified atom stereocenters. The van der Waals surface area contributed by atoms with Crippen LogP contribution in [0, 0.1) is 11.6 Å². The second kappa shape index (κ2) is 3.29. The minimum Gasteiger partial charge on any atom is -0.477 e. The van der Waals surface area contributed by atoms with Gasteiger partial charge in [0.25, 0.3) is 0 Å². The molecule has 0 amide bonds. The molecule has 70 valence electrons. The Balaban J connectivity index is 3.53. The molecule has 0 heterocycles. The SMILES string of the molecule is Nc1c(Br)cc(F)c(C(=O)O)c1F. The number of hydrogen-bond donors (Lipinski definition) is 2. The summed E-state index contributed by atoms with van der Waals surface area (Å²) in [6.45, 7) is 0. The van der Waals surface area contributed by atoms with Crippen LogP contribution in [0.1, 0.15) is 10.4 Å². The van der Waals surface area contributed by atoms with E-state index in [0.29, 0.717) is 0 Å². The molecule has 1 aromatic carbocycles. The molecule has 0 saturated heterocycles. The van der Waals surface area contributed by atoms with Crippen LogP contribution < -0.4 is 5.73 Å². The molecule has 0 saturated carbocycles. The number of anilines is 1. The summed E-state index contributed by atoms with van der Waals surface area (Å²) in [6, 6.07) is 0.807. The van der Waals surface area contributed by atoms with Gasteiger partial charge in [-0.1, -0.05) is 0 Å². The summed E-state index contributed by atoms with van der Waals surface area (Å²) in [4.78, 5) is 10.4. The fraction of sp³-hybridized carbons (Fsp3) is 0. The van der Waals surface area contributed by atoms with E-state index >= 15 is 0 Å². The van der Waals surface area contributed by atoms with Gasteiger partial charge in [-0.2, -0.15) is 0 Å². The van der Waals surface area contributed by atoms with Crippen LogP contribution in [0.4, 0.5) is 14.5 Å². The maximum atomic E-state index is 13.0. The Labute approximate surface area is 80.3 Å². The summed E-state index contributed by atoms with van der Waals surface area (Å²) in [5.41, 5.74) is 3.68. The minimum absolute atomic E-state index is 0.00694. The fourth-order valence-corrected chi connectivity index (χ4v) is 1.18. The van der Waals surface area contributed by atoms with Crippen molar-refractivity contribution in [2.75, 3.05) is 5.73 Å². The molecule has 0 atom stereocenters. The van der Waals surface area contributed by atoms with Crippen molar-refractivity contribution in [3.8, 4) is 0 Å². The molecule has 6 heteroatoms. The van der Waals surface area contributed by atoms with Crippen molar-refractivity contribution in [3.05, 3.63) is 27.7 Å². The first kappa shape index (κ1) is 9.91. The first-order chi connectivity index (χ1) is 5.95. The highest BCUT2D eigenvalue weighted by atomic mass is 79.9. The molecular formula is C7H4BrF2NO2. The van der Waals surface area contributed by atoms with Crippen molar-refractivity contribution >= 4 is 27.6 Å². The Morgan fingerprint density at radius 1 is 1.54 bits per heavy atom. The number of aromatic carboxylic acids is 1. The van der Waals surface area contributed by atoms with E-state index in [1.165, 1.54) is 0 Å². The summed E-state index contributed by atoms with van der Waals surface area (Å²) in [7, 11) is 0. The highest BCUT2D eigenvalue weighted by Gasteiger charge is 2.20. The van der Waals surface area contributed by atoms with Gasteiger partial charge in [0.05, 0.1) is 5.69 Å². The van der Waals surface area contributed by atoms with Crippen LogP contribution in [-0.2, 0) is 0 Å². The number of nitrogen functional groups attached to an aromatic ring is 1. The number of halogens is 3. The number of hydrogen-bond acceptors (Lipinski definition) is 2. The quantitative estimate of drug-likeness (QED) is 0.751. The van der Waals surface area contributed by atoms with Crippen LogP contribution >= 0.6 is 15.9 Å². The molecule has 1 aromatic rings. The normalized spacial score (nSPS) is 10.1. The van der Waals surface area contributed by atoms with Crippen molar-refractivity contribution in [1.29, 1.82) is 0 Å². The van der Waals surface area contributed by atoms with Crippen LogP contribution in [0.3, 0.4) is 0 Å². The third-order valence-electron chi connectivity index (χ3n) is 1.42. The molecular weight excluding hydrogens is 248 g/mol. The molecule has 3 nitrogen and oxygen atoms in total. The summed E-state index contributed by atoms with van der Waals surface area (Å²) < 4.78 is 25.8. The predicted molar refractivity (Wildman–Crippen MR) is 45.4 cm³/mol. The number of carboxylic acids is 1. The smallest absolute Gasteiger partial charge is 0.341 e. The van der Waals surface area contributed by atoms with Crippen LogP contribution in [0.2, 0.25) is 0 Å². The van der Waals surface area contributed by atoms with Gasteiger partial charge < -0.3 is 10.8 Å². The van der Waals surface area contributed by atoms with Gasteiger partial charge >= 0.3 is 5.97 Å². The zero-order valence-corrected chi connectivity index (χ0v) is 7.73. The van der Waals surface area contributed by atoms with Crippen molar-refractivity contribution in [1.82, 2.24) is 0 Å². The summed E-state index contributed by atoms with van der Waals surface area (Å²) in [5.74, 6) is -4.11. The van der Waals surface area contributed by atoms with Gasteiger partial charge in [-0.25, -0.2) is 13.6 Å². The van der Waals surface area contributed by atoms with Gasteiger partial charge in [-0.05, 0) is 22.0 Å². The van der Waals surface area contributed by atoms with E-state index < -0.39 is 28.9 Å². The van der Waals surface area contributed by atoms with Gasteiger partial charge in [0.2, 0.25) is 0 Å². The van der Waals surface area contributed by atoms with Gasteiger partial charge in [0.15, 0.2) is 5.82 Å². The average molecular weight is 252 g/mol. The topological polar surface area (TPSA) is 63.3 Å². The third kappa shape index (κ3) is 1.62. The molecule has 0 aliphatic carbocycles. The molecule has 1 rings (SSSR count). The number of rotatable bonds is 1. The van der Waals surface area contributed by atoms with Gasteiger partial charge in [0, 0.05) is 4.47 Å². The lowest BCUT2D eigenvalue weighted by Crippen LogP contribution is -2.07. The molecule has 0 spiro atoms. The second-order valence-electron chi connectivity index (χ2n) is 2.25. The van der Waals surface area contributed by atoms with E-state index in [9.17, 15) is 13.6 Å². The molecule has 3 N–H and O–H groups in total. The molecule has 0 aliphatic rings. The summed E-state index contributed by atoms with van der Waals surface area (Å²) in [5, 5.41) is 8.41. The van der Waals surface area contributed by atoms with Crippen LogP contribution in [0.15, 0.2) is 10.5 Å². The minimum atomic E-state index is -1.69. The van der Waals surface area contributed by atoms with Crippen molar-refractivity contribution in [2.24, 2.45) is 0 Å². The standard InChI is InChI=1S/C7H4BrF2NO2/c8-2-1-3(9)4(7(12)13)5(10)6(2)11/h1H,11H2,(H,12,13). The van der Waals surface area contributed by atoms with Crippen molar-refractivity contribution < 1.29 is 18.7 Å². The fourth-order valence-electron chi connectivity index (χ4n) is 0.802. The Bertz CT molecular complexity index is 381. The molecule has 0 radical (unpaired) electrons. The number of nitrogens with two attached hydrogens (primary N) is 1. The molecule has 0 bridgehead atoms. The molecule has 0 fully saturated rings. The highest BCUT2D eigenvalue weighted by molar-refractivity contribution is 9.10. The van der Waals surface area contributed by atoms with Crippen molar-refractivity contribution in [2.45, 2.75) is 0 Å². The first-order valence-corrected chi connectivity index (χ1v) is 3.90. The average Bonchev–Trinajstić information content (AvgIpc) is 1.99. The summed E-state index contributed by atoms with van der Waals surface area (Å²) in [6.07, 6.45) is 0. The number of benzene rings is 1. The van der Waals surface area contributed by atoms with E-state index in [0.717, 1.165) is 6.07 Å². The van der Waals surface area contributed by atoms with Crippen molar-refractivity contribution in [3.63, 3.8) is 0 Å². The largest absolute Gasteiger partial charge is 0.477 e. The van der Waals surface area contributed by atoms with Gasteiger partial charge in [-0.3, -0.25) is 0 Å². The van der Waals surface area contributed by atoms with E-state index in [1.807, 2.05) is 0 Å². The van der Waals surface area contributed by atoms with E-state index in [2.05, 4.69) is 15.9 Å². The van der Waals surface area contributed by atoms with Crippen LogP contribution in [-0.4, -0.2) is 11.1 Å². The van der Waals surface area contributed by atoms with Crippen LogP contribution in [0.25, 0.3) is 0 Å². The lowest BCUT2D eigenvalue weighted by molar-refractivity contribution is 0.0686. The Morgan fingerprint density at radius 3 is 2.54 bits per heavy atom. The molecule has 0 aliphatic heterocycles. The summed E-state index contributed by atoms with van der Waals surface area (Å²) >= 11 is 2.78. The van der Waals surface area contributed by atoms with E-state index in [-0.39, 0.29) is 4.47 Å². The lowest BCUT2D eigenvalue weighted by Gasteiger charge is -2.04. The maximum absolute atomic E-state index is 13.0. The Kier molecular flexibility index (Phi) is 2.51. The predicted octanol–water partition coefficient (Wildman–Crippen LogP) is 2.01. The molecule has 13 heavy (non-hydrogen) atoms. The zero-order valence-electron chi connectivity index (χ0n) is 6.14. The Hall–Kier alpha value is -1.17. The highest BCUT2D eigenvalue weighted by Crippen LogP contribution is 2.27. The number of carboxylic acid groups (broad SMARTS) is 1. The second-order valence-corrected chi connectivity index (χ2v) is 3.10. The Morgan fingerprint density at radius 2 is 2.08 bits per heavy atom.